The van der Waals surface area contributed by atoms with Crippen molar-refractivity contribution in [1.29, 1.82) is 0 Å². The first-order valence-corrected chi connectivity index (χ1v) is 9.70. The number of carbonyl (C=O) groups excluding carboxylic acids is 2. The Morgan fingerprint density at radius 2 is 1.74 bits per heavy atom. The van der Waals surface area contributed by atoms with Gasteiger partial charge < -0.3 is 16.4 Å². The highest BCUT2D eigenvalue weighted by Crippen LogP contribution is 2.26. The molecular weight excluding hydrogens is 369 g/mol. The summed E-state index contributed by atoms with van der Waals surface area (Å²) in [4.78, 5) is 24.3. The Morgan fingerprint density at radius 1 is 1.04 bits per heavy atom. The third kappa shape index (κ3) is 8.26. The van der Waals surface area contributed by atoms with Crippen molar-refractivity contribution in [2.24, 2.45) is 11.7 Å². The maximum atomic E-state index is 14.0. The Labute approximate surface area is 167 Å². The van der Waals surface area contributed by atoms with E-state index >= 15 is 0 Å². The van der Waals surface area contributed by atoms with Crippen LogP contribution in [0.1, 0.15) is 64.2 Å². The number of rotatable bonds is 9. The highest BCUT2D eigenvalue weighted by atomic mass is 35.5. The lowest BCUT2D eigenvalue weighted by Gasteiger charge is -2.21. The molecule has 1 aromatic rings. The average Bonchev–Trinajstić information content (AvgIpc) is 2.65. The third-order valence-corrected chi connectivity index (χ3v) is 4.84. The maximum Gasteiger partial charge on any atom is 0.227 e. The van der Waals surface area contributed by atoms with Gasteiger partial charge in [0.05, 0.1) is 5.69 Å². The van der Waals surface area contributed by atoms with Crippen molar-refractivity contribution in [3.63, 3.8) is 0 Å². The van der Waals surface area contributed by atoms with E-state index in [-0.39, 0.29) is 35.8 Å². The van der Waals surface area contributed by atoms with Crippen LogP contribution < -0.4 is 16.4 Å². The Morgan fingerprint density at radius 3 is 2.44 bits per heavy atom. The lowest BCUT2D eigenvalue weighted by molar-refractivity contribution is -0.120. The number of unbranched alkanes of at least 4 members (excludes halogenated alkanes) is 3. The third-order valence-electron chi connectivity index (χ3n) is 4.84. The van der Waals surface area contributed by atoms with Crippen molar-refractivity contribution in [2.75, 3.05) is 17.2 Å². The summed E-state index contributed by atoms with van der Waals surface area (Å²) in [7, 11) is 0. The first-order valence-electron chi connectivity index (χ1n) is 9.70. The first-order chi connectivity index (χ1) is 12.6. The fourth-order valence-electron chi connectivity index (χ4n) is 3.31. The topological polar surface area (TPSA) is 84.2 Å². The monoisotopic (exact) mass is 399 g/mol. The number of anilines is 2. The van der Waals surface area contributed by atoms with Crippen LogP contribution in [-0.2, 0) is 9.59 Å². The van der Waals surface area contributed by atoms with Gasteiger partial charge in [-0.05, 0) is 50.4 Å². The predicted molar refractivity (Wildman–Crippen MR) is 110 cm³/mol. The van der Waals surface area contributed by atoms with Gasteiger partial charge in [0, 0.05) is 18.0 Å². The van der Waals surface area contributed by atoms with Gasteiger partial charge in [0.25, 0.3) is 0 Å². The predicted octanol–water partition coefficient (Wildman–Crippen LogP) is 4.61. The highest BCUT2D eigenvalue weighted by molar-refractivity contribution is 5.95. The molecule has 5 nitrogen and oxygen atoms in total. The molecule has 152 valence electrons. The van der Waals surface area contributed by atoms with Crippen LogP contribution in [0.15, 0.2) is 18.2 Å². The Hall–Kier alpha value is -1.66. The minimum absolute atomic E-state index is 0. The summed E-state index contributed by atoms with van der Waals surface area (Å²) in [6.07, 6.45) is 9.15. The number of nitrogens with one attached hydrogen (secondary N) is 2. The zero-order valence-corrected chi connectivity index (χ0v) is 16.6. The molecule has 0 aromatic heterocycles. The van der Waals surface area contributed by atoms with Gasteiger partial charge in [-0.25, -0.2) is 4.39 Å². The second kappa shape index (κ2) is 12.7. The minimum Gasteiger partial charge on any atom is -0.330 e. The summed E-state index contributed by atoms with van der Waals surface area (Å²) in [6.45, 7) is 0.678. The molecule has 27 heavy (non-hydrogen) atoms. The van der Waals surface area contributed by atoms with Gasteiger partial charge in [0.1, 0.15) is 5.82 Å². The molecule has 0 atom stereocenters. The molecule has 1 aliphatic rings. The number of hydrogen-bond acceptors (Lipinski definition) is 3. The SMILES string of the molecule is Cl.NCCCCCCC(=O)Nc1ccc(F)c(NC(=O)C2CCCCC2)c1. The van der Waals surface area contributed by atoms with Crippen LogP contribution in [0.5, 0.6) is 0 Å². The van der Waals surface area contributed by atoms with Gasteiger partial charge in [-0.1, -0.05) is 32.1 Å². The molecule has 0 spiro atoms. The van der Waals surface area contributed by atoms with Gasteiger partial charge in [-0.15, -0.1) is 12.4 Å². The van der Waals surface area contributed by atoms with E-state index in [1.807, 2.05) is 0 Å². The lowest BCUT2D eigenvalue weighted by Crippen LogP contribution is -2.25. The van der Waals surface area contributed by atoms with Crippen molar-refractivity contribution in [3.8, 4) is 0 Å². The Balaban J connectivity index is 0.00000364. The molecule has 1 aromatic carbocycles. The number of halogens is 2. The second-order valence-corrected chi connectivity index (χ2v) is 7.02. The quantitative estimate of drug-likeness (QED) is 0.530. The van der Waals surface area contributed by atoms with Crippen molar-refractivity contribution in [1.82, 2.24) is 0 Å². The molecule has 0 aliphatic heterocycles. The molecule has 1 saturated carbocycles. The molecule has 0 radical (unpaired) electrons. The molecule has 7 heteroatoms. The van der Waals surface area contributed by atoms with E-state index < -0.39 is 5.82 Å². The molecule has 4 N–H and O–H groups in total. The normalized spacial score (nSPS) is 14.3. The summed E-state index contributed by atoms with van der Waals surface area (Å²) < 4.78 is 14.0. The molecule has 0 saturated heterocycles. The standard InChI is InChI=1S/C20H30FN3O2.ClH/c21-17-12-11-16(23-19(25)10-6-1-2-7-13-22)14-18(17)24-20(26)15-8-4-3-5-9-15;/h11-12,14-15H,1-10,13,22H2,(H,23,25)(H,24,26);1H. The highest BCUT2D eigenvalue weighted by Gasteiger charge is 2.22. The van der Waals surface area contributed by atoms with E-state index in [1.165, 1.54) is 18.2 Å². The fourth-order valence-corrected chi connectivity index (χ4v) is 3.31. The van der Waals surface area contributed by atoms with Crippen LogP contribution in [0, 0.1) is 11.7 Å². The van der Waals surface area contributed by atoms with Crippen molar-refractivity contribution in [3.05, 3.63) is 24.0 Å². The van der Waals surface area contributed by atoms with E-state index in [2.05, 4.69) is 10.6 Å². The fraction of sp³-hybridized carbons (Fsp3) is 0.600. The van der Waals surface area contributed by atoms with E-state index in [0.717, 1.165) is 57.8 Å². The summed E-state index contributed by atoms with van der Waals surface area (Å²) in [5, 5.41) is 5.45. The van der Waals surface area contributed by atoms with Crippen LogP contribution in [0.2, 0.25) is 0 Å². The smallest absolute Gasteiger partial charge is 0.227 e. The van der Waals surface area contributed by atoms with Crippen LogP contribution >= 0.6 is 12.4 Å². The van der Waals surface area contributed by atoms with Crippen molar-refractivity contribution >= 4 is 35.6 Å². The van der Waals surface area contributed by atoms with E-state index in [4.69, 9.17) is 5.73 Å². The number of nitrogens with two attached hydrogens (primary N) is 1. The summed E-state index contributed by atoms with van der Waals surface area (Å²) in [6, 6.07) is 4.27. The maximum absolute atomic E-state index is 14.0. The zero-order chi connectivity index (χ0) is 18.8. The summed E-state index contributed by atoms with van der Waals surface area (Å²) >= 11 is 0. The molecule has 0 heterocycles. The number of amides is 2. The number of hydrogen-bond donors (Lipinski definition) is 3. The number of benzene rings is 1. The van der Waals surface area contributed by atoms with Crippen LogP contribution in [0.25, 0.3) is 0 Å². The van der Waals surface area contributed by atoms with Gasteiger partial charge in [0.15, 0.2) is 0 Å². The molecule has 0 bridgehead atoms. The van der Waals surface area contributed by atoms with Crippen molar-refractivity contribution in [2.45, 2.75) is 64.2 Å². The molecule has 2 rings (SSSR count). The summed E-state index contributed by atoms with van der Waals surface area (Å²) in [5.74, 6) is -0.773. The molecular formula is C20H31ClFN3O2. The minimum atomic E-state index is -0.492. The Kier molecular flexibility index (Phi) is 11.0. The largest absolute Gasteiger partial charge is 0.330 e. The van der Waals surface area contributed by atoms with Crippen molar-refractivity contribution < 1.29 is 14.0 Å². The summed E-state index contributed by atoms with van der Waals surface area (Å²) in [5.41, 5.74) is 6.06. The van der Waals surface area contributed by atoms with E-state index in [1.54, 1.807) is 0 Å². The molecule has 1 aliphatic carbocycles. The lowest BCUT2D eigenvalue weighted by atomic mass is 9.88. The van der Waals surface area contributed by atoms with E-state index in [0.29, 0.717) is 18.7 Å². The van der Waals surface area contributed by atoms with Gasteiger partial charge in [0.2, 0.25) is 11.8 Å². The van der Waals surface area contributed by atoms with Crippen LogP contribution in [-0.4, -0.2) is 18.4 Å². The average molecular weight is 400 g/mol. The second-order valence-electron chi connectivity index (χ2n) is 7.02. The van der Waals surface area contributed by atoms with Gasteiger partial charge in [-0.3, -0.25) is 9.59 Å². The van der Waals surface area contributed by atoms with E-state index in [9.17, 15) is 14.0 Å². The first kappa shape index (κ1) is 23.4. The zero-order valence-electron chi connectivity index (χ0n) is 15.8. The molecule has 1 fully saturated rings. The van der Waals surface area contributed by atoms with Gasteiger partial charge in [-0.2, -0.15) is 0 Å². The molecule has 0 unspecified atom stereocenters. The molecule has 2 amide bonds. The van der Waals surface area contributed by atoms with Gasteiger partial charge >= 0.3 is 0 Å². The Bertz CT molecular complexity index is 607. The van der Waals surface area contributed by atoms with Crippen LogP contribution in [0.3, 0.4) is 0 Å². The van der Waals surface area contributed by atoms with Crippen LogP contribution in [0.4, 0.5) is 15.8 Å². The number of carbonyl (C=O) groups is 2.